The fourth-order valence-corrected chi connectivity index (χ4v) is 5.02. The molecule has 0 bridgehead atoms. The largest absolute Gasteiger partial charge is 0.426 e. The zero-order chi connectivity index (χ0) is 27.4. The number of benzene rings is 3. The highest BCUT2D eigenvalue weighted by atomic mass is 35.5. The number of hydrogen-bond acceptors (Lipinski definition) is 3. The van der Waals surface area contributed by atoms with Gasteiger partial charge in [0, 0.05) is 28.3 Å². The molecule has 1 aromatic heterocycles. The molecule has 1 saturated carbocycles. The van der Waals surface area contributed by atoms with Crippen LogP contribution in [0.2, 0.25) is 5.02 Å². The number of carbonyl (C=O) groups excluding carboxylic acids is 1. The molecular formula is C29H25ClF3N3O2. The number of carbonyl (C=O) groups is 1. The molecule has 0 aliphatic heterocycles. The van der Waals surface area contributed by atoms with E-state index in [0.29, 0.717) is 23.1 Å². The maximum atomic E-state index is 15.0. The Morgan fingerprint density at radius 2 is 1.71 bits per heavy atom. The lowest BCUT2D eigenvalue weighted by molar-refractivity contribution is -0.0285. The Labute approximate surface area is 222 Å². The summed E-state index contributed by atoms with van der Waals surface area (Å²) in [6, 6.07) is 13.8. The van der Waals surface area contributed by atoms with Crippen molar-refractivity contribution in [2.45, 2.75) is 39.5 Å². The van der Waals surface area contributed by atoms with Crippen LogP contribution in [0.4, 0.5) is 18.9 Å². The summed E-state index contributed by atoms with van der Waals surface area (Å²) >= 11 is 6.36. The monoisotopic (exact) mass is 539 g/mol. The maximum Gasteiger partial charge on any atom is 0.277 e. The van der Waals surface area contributed by atoms with Gasteiger partial charge in [0.25, 0.3) is 11.8 Å². The van der Waals surface area contributed by atoms with Gasteiger partial charge in [0.05, 0.1) is 10.7 Å². The van der Waals surface area contributed by atoms with E-state index < -0.39 is 23.6 Å². The van der Waals surface area contributed by atoms with Gasteiger partial charge in [-0.05, 0) is 74.6 Å². The van der Waals surface area contributed by atoms with Gasteiger partial charge in [-0.15, -0.1) is 0 Å². The first kappa shape index (κ1) is 25.9. The standard InChI is InChI=1S/C29H25ClF3N3O2/c1-15-6-4-7-16(2)25(15)22-13-21(23(30)14-24(22)31)27-34-17(3)26(36(27)38)28(37)35-20-9-5-8-19(12-20)29(32,33)18-10-11-18/h4-9,12-14,18,38H,10-11H2,1-3H3,(H,35,37). The number of amides is 1. The van der Waals surface area contributed by atoms with Crippen molar-refractivity contribution in [3.8, 4) is 22.5 Å². The van der Waals surface area contributed by atoms with Crippen molar-refractivity contribution in [1.29, 1.82) is 0 Å². The quantitative estimate of drug-likeness (QED) is 0.244. The van der Waals surface area contributed by atoms with Crippen LogP contribution in [-0.2, 0) is 5.92 Å². The van der Waals surface area contributed by atoms with Gasteiger partial charge >= 0.3 is 0 Å². The summed E-state index contributed by atoms with van der Waals surface area (Å²) in [5, 5.41) is 13.5. The number of nitrogens with one attached hydrogen (secondary N) is 1. The van der Waals surface area contributed by atoms with Crippen LogP contribution in [0.3, 0.4) is 0 Å². The Morgan fingerprint density at radius 1 is 1.05 bits per heavy atom. The molecule has 1 aliphatic rings. The number of rotatable bonds is 6. The minimum Gasteiger partial charge on any atom is -0.426 e. The van der Waals surface area contributed by atoms with Crippen molar-refractivity contribution in [1.82, 2.24) is 9.71 Å². The first-order chi connectivity index (χ1) is 18.0. The highest BCUT2D eigenvalue weighted by molar-refractivity contribution is 6.33. The van der Waals surface area contributed by atoms with Gasteiger partial charge in [-0.1, -0.05) is 41.9 Å². The van der Waals surface area contributed by atoms with E-state index >= 15 is 4.39 Å². The summed E-state index contributed by atoms with van der Waals surface area (Å²) in [6.45, 7) is 5.25. The number of anilines is 1. The Hall–Kier alpha value is -3.78. The summed E-state index contributed by atoms with van der Waals surface area (Å²) in [5.41, 5.74) is 2.86. The van der Waals surface area contributed by atoms with Crippen molar-refractivity contribution in [2.75, 3.05) is 5.32 Å². The maximum absolute atomic E-state index is 15.0. The molecule has 0 radical (unpaired) electrons. The lowest BCUT2D eigenvalue weighted by Gasteiger charge is -2.17. The van der Waals surface area contributed by atoms with E-state index in [0.717, 1.165) is 17.2 Å². The average Bonchev–Trinajstić information content (AvgIpc) is 3.66. The van der Waals surface area contributed by atoms with Crippen LogP contribution >= 0.6 is 11.6 Å². The van der Waals surface area contributed by atoms with E-state index in [1.54, 1.807) is 0 Å². The summed E-state index contributed by atoms with van der Waals surface area (Å²) in [5.74, 6) is -5.01. The fourth-order valence-electron chi connectivity index (χ4n) is 4.78. The molecule has 4 aromatic rings. The predicted octanol–water partition coefficient (Wildman–Crippen LogP) is 7.93. The average molecular weight is 540 g/mol. The topological polar surface area (TPSA) is 67.2 Å². The minimum absolute atomic E-state index is 0.000228. The second-order valence-electron chi connectivity index (χ2n) is 9.69. The lowest BCUT2D eigenvalue weighted by Crippen LogP contribution is -2.19. The Morgan fingerprint density at radius 3 is 2.37 bits per heavy atom. The minimum atomic E-state index is -2.98. The van der Waals surface area contributed by atoms with Crippen molar-refractivity contribution >= 4 is 23.2 Å². The number of hydrogen-bond donors (Lipinski definition) is 2. The number of halogens is 4. The molecule has 1 heterocycles. The molecule has 3 aromatic carbocycles. The van der Waals surface area contributed by atoms with Crippen LogP contribution in [0.25, 0.3) is 22.5 Å². The molecule has 5 nitrogen and oxygen atoms in total. The molecule has 9 heteroatoms. The zero-order valence-corrected chi connectivity index (χ0v) is 21.7. The van der Waals surface area contributed by atoms with Crippen molar-refractivity contribution in [2.24, 2.45) is 5.92 Å². The summed E-state index contributed by atoms with van der Waals surface area (Å²) in [7, 11) is 0. The third-order valence-corrected chi connectivity index (χ3v) is 7.20. The molecule has 38 heavy (non-hydrogen) atoms. The molecule has 0 atom stereocenters. The van der Waals surface area contributed by atoms with Gasteiger partial charge < -0.3 is 10.5 Å². The molecule has 2 N–H and O–H groups in total. The smallest absolute Gasteiger partial charge is 0.277 e. The van der Waals surface area contributed by atoms with E-state index in [9.17, 15) is 18.8 Å². The van der Waals surface area contributed by atoms with Gasteiger partial charge in [0.2, 0.25) is 0 Å². The second-order valence-corrected chi connectivity index (χ2v) is 10.1. The summed E-state index contributed by atoms with van der Waals surface area (Å²) in [4.78, 5) is 17.4. The predicted molar refractivity (Wildman–Crippen MR) is 140 cm³/mol. The molecule has 5 rings (SSSR count). The highest BCUT2D eigenvalue weighted by Crippen LogP contribution is 2.50. The third-order valence-electron chi connectivity index (χ3n) is 6.89. The molecule has 196 valence electrons. The van der Waals surface area contributed by atoms with E-state index in [-0.39, 0.29) is 44.6 Å². The van der Waals surface area contributed by atoms with E-state index in [4.69, 9.17) is 11.6 Å². The van der Waals surface area contributed by atoms with Crippen LogP contribution in [0.5, 0.6) is 0 Å². The molecule has 1 amide bonds. The van der Waals surface area contributed by atoms with Crippen molar-refractivity contribution in [3.05, 3.63) is 93.5 Å². The summed E-state index contributed by atoms with van der Waals surface area (Å²) in [6.07, 6.45) is 0.929. The molecule has 1 aliphatic carbocycles. The summed E-state index contributed by atoms with van der Waals surface area (Å²) < 4.78 is 44.7. The van der Waals surface area contributed by atoms with Crippen LogP contribution < -0.4 is 5.32 Å². The first-order valence-electron chi connectivity index (χ1n) is 12.1. The highest BCUT2D eigenvalue weighted by Gasteiger charge is 2.48. The van der Waals surface area contributed by atoms with Gasteiger partial charge in [0.15, 0.2) is 11.5 Å². The Bertz CT molecular complexity index is 1560. The lowest BCUT2D eigenvalue weighted by atomic mass is 9.94. The molecule has 0 unspecified atom stereocenters. The fraction of sp³-hybridized carbons (Fsp3) is 0.241. The van der Waals surface area contributed by atoms with Gasteiger partial charge in [-0.3, -0.25) is 4.79 Å². The molecule has 1 fully saturated rings. The SMILES string of the molecule is Cc1cccc(C)c1-c1cc(-c2nc(C)c(C(=O)Nc3cccc(C(F)(F)C4CC4)c3)n2O)c(Cl)cc1F. The number of alkyl halides is 2. The van der Waals surface area contributed by atoms with Gasteiger partial charge in [-0.25, -0.2) is 18.2 Å². The Kier molecular flexibility index (Phi) is 6.47. The Balaban J connectivity index is 1.50. The van der Waals surface area contributed by atoms with Crippen LogP contribution in [0.15, 0.2) is 54.6 Å². The van der Waals surface area contributed by atoms with E-state index in [2.05, 4.69) is 10.3 Å². The van der Waals surface area contributed by atoms with Crippen LogP contribution in [0, 0.1) is 32.5 Å². The van der Waals surface area contributed by atoms with E-state index in [1.807, 2.05) is 32.0 Å². The van der Waals surface area contributed by atoms with E-state index in [1.165, 1.54) is 37.3 Å². The number of nitrogens with zero attached hydrogens (tertiary/aromatic N) is 2. The van der Waals surface area contributed by atoms with Crippen LogP contribution in [-0.4, -0.2) is 20.8 Å². The van der Waals surface area contributed by atoms with Crippen molar-refractivity contribution < 1.29 is 23.2 Å². The van der Waals surface area contributed by atoms with Gasteiger partial charge in [-0.2, -0.15) is 4.73 Å². The second kappa shape index (κ2) is 9.51. The number of aryl methyl sites for hydroxylation is 3. The zero-order valence-electron chi connectivity index (χ0n) is 20.9. The van der Waals surface area contributed by atoms with Gasteiger partial charge in [0.1, 0.15) is 5.82 Å². The number of imidazole rings is 1. The third kappa shape index (κ3) is 4.53. The van der Waals surface area contributed by atoms with Crippen molar-refractivity contribution in [3.63, 3.8) is 0 Å². The molecular weight excluding hydrogens is 515 g/mol. The molecule has 0 saturated heterocycles. The van der Waals surface area contributed by atoms with Crippen LogP contribution in [0.1, 0.15) is 45.7 Å². The molecule has 0 spiro atoms. The number of aromatic nitrogens is 2. The normalized spacial score (nSPS) is 13.6. The first-order valence-corrected chi connectivity index (χ1v) is 12.5.